The first-order chi connectivity index (χ1) is 9.51. The van der Waals surface area contributed by atoms with Gasteiger partial charge in [0.25, 0.3) is 0 Å². The first kappa shape index (κ1) is 15.4. The van der Waals surface area contributed by atoms with Gasteiger partial charge < -0.3 is 15.7 Å². The number of carbonyl (C=O) groups is 2. The summed E-state index contributed by atoms with van der Waals surface area (Å²) in [6.07, 6.45) is 0. The molecular weight excluding hydrogens is 268 g/mol. The van der Waals surface area contributed by atoms with E-state index in [1.165, 1.54) is 11.0 Å². The van der Waals surface area contributed by atoms with Gasteiger partial charge in [-0.3, -0.25) is 4.79 Å². The van der Waals surface area contributed by atoms with Crippen LogP contribution in [-0.2, 0) is 4.79 Å². The molecule has 0 atom stereocenters. The molecular formula is C16H22N2O3. The molecule has 1 aromatic carbocycles. The summed E-state index contributed by atoms with van der Waals surface area (Å²) >= 11 is 0. The van der Waals surface area contributed by atoms with Crippen LogP contribution >= 0.6 is 0 Å². The minimum Gasteiger partial charge on any atom is -0.478 e. The van der Waals surface area contributed by atoms with Crippen molar-refractivity contribution < 1.29 is 14.7 Å². The predicted octanol–water partition coefficient (Wildman–Crippen LogP) is 2.61. The number of carbonyl (C=O) groups excluding carboxylic acids is 1. The topological polar surface area (TPSA) is 83.6 Å². The minimum absolute atomic E-state index is 0.0436. The number of carboxylic acids is 1. The number of nitrogens with zero attached hydrogens (tertiary/aromatic N) is 1. The zero-order chi connectivity index (χ0) is 16.2. The molecule has 1 saturated carbocycles. The molecule has 5 heteroatoms. The molecule has 0 spiro atoms. The molecule has 0 unspecified atom stereocenters. The second-order valence-corrected chi connectivity index (χ2v) is 6.86. The van der Waals surface area contributed by atoms with Crippen LogP contribution < -0.4 is 10.6 Å². The lowest BCUT2D eigenvalue weighted by molar-refractivity contribution is -0.120. The lowest BCUT2D eigenvalue weighted by Gasteiger charge is -2.21. The highest BCUT2D eigenvalue weighted by Gasteiger charge is 2.68. The Balaban J connectivity index is 2.36. The number of amides is 1. The second kappa shape index (κ2) is 4.48. The summed E-state index contributed by atoms with van der Waals surface area (Å²) in [4.78, 5) is 25.5. The summed E-state index contributed by atoms with van der Waals surface area (Å²) in [6.45, 7) is 8.24. The number of hydrogen-bond donors (Lipinski definition) is 2. The molecule has 0 saturated heterocycles. The highest BCUT2D eigenvalue weighted by atomic mass is 16.4. The van der Waals surface area contributed by atoms with Crippen molar-refractivity contribution in [2.24, 2.45) is 16.7 Å². The number of anilines is 2. The van der Waals surface area contributed by atoms with Crippen LogP contribution in [0.1, 0.15) is 38.1 Å². The number of nitrogens with two attached hydrogens (primary N) is 1. The van der Waals surface area contributed by atoms with Gasteiger partial charge in [-0.25, -0.2) is 4.79 Å². The van der Waals surface area contributed by atoms with Gasteiger partial charge in [-0.1, -0.05) is 27.7 Å². The zero-order valence-electron chi connectivity index (χ0n) is 13.1. The lowest BCUT2D eigenvalue weighted by atomic mass is 10.0. The SMILES string of the molecule is CN(C(=O)C1C(C)(C)C1(C)C)c1ccc(N)cc1C(=O)O. The molecule has 5 nitrogen and oxygen atoms in total. The average molecular weight is 290 g/mol. The van der Waals surface area contributed by atoms with Crippen LogP contribution in [-0.4, -0.2) is 24.0 Å². The highest BCUT2D eigenvalue weighted by molar-refractivity contribution is 6.04. The van der Waals surface area contributed by atoms with E-state index in [2.05, 4.69) is 27.7 Å². The fourth-order valence-corrected chi connectivity index (χ4v) is 3.14. The van der Waals surface area contributed by atoms with Gasteiger partial charge in [0.1, 0.15) is 0 Å². The van der Waals surface area contributed by atoms with Crippen molar-refractivity contribution in [2.45, 2.75) is 27.7 Å². The Bertz CT molecular complexity index is 606. The summed E-state index contributed by atoms with van der Waals surface area (Å²) in [5.74, 6) is -1.27. The predicted molar refractivity (Wildman–Crippen MR) is 82.3 cm³/mol. The van der Waals surface area contributed by atoms with Gasteiger partial charge in [0.05, 0.1) is 11.3 Å². The first-order valence-corrected chi connectivity index (χ1v) is 6.92. The van der Waals surface area contributed by atoms with Crippen molar-refractivity contribution in [3.8, 4) is 0 Å². The van der Waals surface area contributed by atoms with Gasteiger partial charge in [0.15, 0.2) is 0 Å². The zero-order valence-corrected chi connectivity index (χ0v) is 13.1. The number of carboxylic acid groups (broad SMARTS) is 1. The highest BCUT2D eigenvalue weighted by Crippen LogP contribution is 2.68. The van der Waals surface area contributed by atoms with E-state index in [0.717, 1.165) is 0 Å². The molecule has 114 valence electrons. The Morgan fingerprint density at radius 2 is 1.71 bits per heavy atom. The number of nitrogen functional groups attached to an aromatic ring is 1. The molecule has 1 fully saturated rings. The molecule has 2 rings (SSSR count). The van der Waals surface area contributed by atoms with Crippen molar-refractivity contribution in [2.75, 3.05) is 17.7 Å². The molecule has 1 amide bonds. The Kier molecular flexibility index (Phi) is 3.27. The first-order valence-electron chi connectivity index (χ1n) is 6.92. The summed E-state index contributed by atoms with van der Waals surface area (Å²) in [6, 6.07) is 4.57. The maximum atomic E-state index is 12.7. The molecule has 0 aliphatic heterocycles. The van der Waals surface area contributed by atoms with E-state index in [-0.39, 0.29) is 28.2 Å². The van der Waals surface area contributed by atoms with Crippen molar-refractivity contribution in [1.29, 1.82) is 0 Å². The van der Waals surface area contributed by atoms with Crippen LogP contribution in [0, 0.1) is 16.7 Å². The fraction of sp³-hybridized carbons (Fsp3) is 0.500. The molecule has 21 heavy (non-hydrogen) atoms. The maximum Gasteiger partial charge on any atom is 0.337 e. The second-order valence-electron chi connectivity index (χ2n) is 6.86. The van der Waals surface area contributed by atoms with Gasteiger partial charge in [-0.2, -0.15) is 0 Å². The summed E-state index contributed by atoms with van der Waals surface area (Å²) < 4.78 is 0. The maximum absolute atomic E-state index is 12.7. The van der Waals surface area contributed by atoms with E-state index >= 15 is 0 Å². The van der Waals surface area contributed by atoms with Crippen molar-refractivity contribution >= 4 is 23.3 Å². The van der Waals surface area contributed by atoms with Crippen LogP contribution in [0.3, 0.4) is 0 Å². The monoisotopic (exact) mass is 290 g/mol. The van der Waals surface area contributed by atoms with Crippen LogP contribution in [0.2, 0.25) is 0 Å². The number of hydrogen-bond acceptors (Lipinski definition) is 3. The summed E-state index contributed by atoms with van der Waals surface area (Å²) in [7, 11) is 1.62. The van der Waals surface area contributed by atoms with E-state index < -0.39 is 5.97 Å². The van der Waals surface area contributed by atoms with Crippen LogP contribution in [0.25, 0.3) is 0 Å². The number of rotatable bonds is 3. The van der Waals surface area contributed by atoms with E-state index in [1.807, 2.05) is 0 Å². The molecule has 0 aromatic heterocycles. The smallest absolute Gasteiger partial charge is 0.337 e. The van der Waals surface area contributed by atoms with Gasteiger partial charge in [-0.15, -0.1) is 0 Å². The Morgan fingerprint density at radius 3 is 2.14 bits per heavy atom. The number of benzene rings is 1. The van der Waals surface area contributed by atoms with Crippen LogP contribution in [0.15, 0.2) is 18.2 Å². The molecule has 1 aliphatic carbocycles. The molecule has 3 N–H and O–H groups in total. The Hall–Kier alpha value is -2.04. The van der Waals surface area contributed by atoms with Gasteiger partial charge in [-0.05, 0) is 29.0 Å². The standard InChI is InChI=1S/C16H22N2O3/c1-15(2)12(16(15,3)4)13(19)18(5)11-7-6-9(17)8-10(11)14(20)21/h6-8,12H,17H2,1-5H3,(H,20,21). The lowest BCUT2D eigenvalue weighted by Crippen LogP contribution is -2.31. The molecule has 0 radical (unpaired) electrons. The third-order valence-electron chi connectivity index (χ3n) is 5.21. The molecule has 0 heterocycles. The van der Waals surface area contributed by atoms with Gasteiger partial charge >= 0.3 is 5.97 Å². The summed E-state index contributed by atoms with van der Waals surface area (Å²) in [5.41, 5.74) is 6.24. The van der Waals surface area contributed by atoms with Crippen molar-refractivity contribution in [3.63, 3.8) is 0 Å². The molecule has 1 aliphatic rings. The van der Waals surface area contributed by atoms with Crippen LogP contribution in [0.4, 0.5) is 11.4 Å². The quantitative estimate of drug-likeness (QED) is 0.838. The van der Waals surface area contributed by atoms with Crippen molar-refractivity contribution in [3.05, 3.63) is 23.8 Å². The van der Waals surface area contributed by atoms with Gasteiger partial charge in [0.2, 0.25) is 5.91 Å². The van der Waals surface area contributed by atoms with Crippen molar-refractivity contribution in [1.82, 2.24) is 0 Å². The average Bonchev–Trinajstić information content (AvgIpc) is 2.78. The number of aromatic carboxylic acids is 1. The summed E-state index contributed by atoms with van der Waals surface area (Å²) in [5, 5.41) is 9.29. The van der Waals surface area contributed by atoms with E-state index in [9.17, 15) is 14.7 Å². The van der Waals surface area contributed by atoms with Crippen LogP contribution in [0.5, 0.6) is 0 Å². The Labute approximate surface area is 124 Å². The normalized spacial score (nSPS) is 19.1. The van der Waals surface area contributed by atoms with E-state index in [0.29, 0.717) is 11.4 Å². The van der Waals surface area contributed by atoms with E-state index in [1.54, 1.807) is 19.2 Å². The fourth-order valence-electron chi connectivity index (χ4n) is 3.14. The Morgan fingerprint density at radius 1 is 1.19 bits per heavy atom. The largest absolute Gasteiger partial charge is 0.478 e. The molecule has 1 aromatic rings. The van der Waals surface area contributed by atoms with E-state index in [4.69, 9.17) is 5.73 Å². The molecule has 0 bridgehead atoms. The third kappa shape index (κ3) is 2.17. The van der Waals surface area contributed by atoms with Gasteiger partial charge in [0, 0.05) is 18.7 Å². The third-order valence-corrected chi connectivity index (χ3v) is 5.21. The minimum atomic E-state index is -1.09.